The van der Waals surface area contributed by atoms with E-state index in [9.17, 15) is 0 Å². The predicted molar refractivity (Wildman–Crippen MR) is 85.2 cm³/mol. The first-order valence-corrected chi connectivity index (χ1v) is 7.75. The zero-order valence-electron chi connectivity index (χ0n) is 11.9. The molecule has 21 heavy (non-hydrogen) atoms. The number of rotatable bonds is 3. The van der Waals surface area contributed by atoms with Crippen LogP contribution in [0.4, 0.5) is 4.39 Å². The molecular formula is C18H19ClFN. The van der Waals surface area contributed by atoms with E-state index in [1.807, 2.05) is 30.3 Å². The zero-order valence-corrected chi connectivity index (χ0v) is 12.7. The number of hydrogen-bond acceptors (Lipinski definition) is 1. The normalized spacial score (nSPS) is 18.6. The Labute approximate surface area is 130 Å². The van der Waals surface area contributed by atoms with Crippen molar-refractivity contribution in [2.45, 2.75) is 25.1 Å². The Bertz CT molecular complexity index is 574. The summed E-state index contributed by atoms with van der Waals surface area (Å²) < 4.78 is 15.1. The van der Waals surface area contributed by atoms with Gasteiger partial charge in [-0.25, -0.2) is 4.39 Å². The summed E-state index contributed by atoms with van der Waals surface area (Å²) in [5.74, 6) is 0. The van der Waals surface area contributed by atoms with Gasteiger partial charge in [0, 0.05) is 24.7 Å². The fourth-order valence-electron chi connectivity index (χ4n) is 2.94. The smallest absolute Gasteiger partial charge is 0.138 e. The van der Waals surface area contributed by atoms with Crippen molar-refractivity contribution in [2.75, 3.05) is 13.1 Å². The van der Waals surface area contributed by atoms with Gasteiger partial charge in [0.1, 0.15) is 5.67 Å². The van der Waals surface area contributed by atoms with Gasteiger partial charge in [-0.1, -0.05) is 54.1 Å². The molecule has 0 saturated carbocycles. The van der Waals surface area contributed by atoms with Crippen LogP contribution in [0.15, 0.2) is 54.6 Å². The number of halogens is 2. The average Bonchev–Trinajstić information content (AvgIpc) is 2.51. The van der Waals surface area contributed by atoms with Gasteiger partial charge < -0.3 is 0 Å². The first-order valence-electron chi connectivity index (χ1n) is 7.37. The van der Waals surface area contributed by atoms with E-state index in [0.717, 1.165) is 25.2 Å². The highest BCUT2D eigenvalue weighted by Crippen LogP contribution is 2.37. The Hall–Kier alpha value is -1.38. The quantitative estimate of drug-likeness (QED) is 0.787. The lowest BCUT2D eigenvalue weighted by Gasteiger charge is -2.36. The number of piperidine rings is 1. The van der Waals surface area contributed by atoms with Gasteiger partial charge >= 0.3 is 0 Å². The van der Waals surface area contributed by atoms with Crippen molar-refractivity contribution in [3.8, 4) is 0 Å². The lowest BCUT2D eigenvalue weighted by Crippen LogP contribution is -2.39. The Morgan fingerprint density at radius 1 is 0.952 bits per heavy atom. The molecule has 0 amide bonds. The molecule has 3 rings (SSSR count). The second-order valence-corrected chi connectivity index (χ2v) is 6.17. The van der Waals surface area contributed by atoms with Crippen LogP contribution in [0.5, 0.6) is 0 Å². The fraction of sp³-hybridized carbons (Fsp3) is 0.333. The summed E-state index contributed by atoms with van der Waals surface area (Å²) >= 11 is 5.88. The predicted octanol–water partition coefficient (Wildman–Crippen LogP) is 4.80. The molecule has 1 nitrogen and oxygen atoms in total. The highest BCUT2D eigenvalue weighted by molar-refractivity contribution is 6.30. The molecule has 2 aromatic carbocycles. The second kappa shape index (κ2) is 6.17. The number of alkyl halides is 1. The lowest BCUT2D eigenvalue weighted by molar-refractivity contribution is 0.0526. The SMILES string of the molecule is FC1(c2ccc(Cl)cc2)CCN(Cc2ccccc2)CC1. The molecular weight excluding hydrogens is 285 g/mol. The number of likely N-dealkylation sites (tertiary alicyclic amines) is 1. The minimum atomic E-state index is -1.21. The summed E-state index contributed by atoms with van der Waals surface area (Å²) in [6, 6.07) is 17.5. The Morgan fingerprint density at radius 3 is 2.19 bits per heavy atom. The number of benzene rings is 2. The van der Waals surface area contributed by atoms with Crippen LogP contribution in [0, 0.1) is 0 Å². The van der Waals surface area contributed by atoms with Crippen LogP contribution in [0.3, 0.4) is 0 Å². The Balaban J connectivity index is 1.63. The van der Waals surface area contributed by atoms with E-state index in [2.05, 4.69) is 17.0 Å². The molecule has 0 N–H and O–H groups in total. The van der Waals surface area contributed by atoms with Crippen LogP contribution >= 0.6 is 11.6 Å². The summed E-state index contributed by atoms with van der Waals surface area (Å²) in [5, 5.41) is 0.656. The highest BCUT2D eigenvalue weighted by atomic mass is 35.5. The van der Waals surface area contributed by atoms with Gasteiger partial charge in [0.15, 0.2) is 0 Å². The summed E-state index contributed by atoms with van der Waals surface area (Å²) in [7, 11) is 0. The van der Waals surface area contributed by atoms with Gasteiger partial charge in [-0.05, 0) is 36.1 Å². The van der Waals surface area contributed by atoms with Crippen molar-refractivity contribution in [3.05, 3.63) is 70.7 Å². The lowest BCUT2D eigenvalue weighted by atomic mass is 9.86. The first kappa shape index (κ1) is 14.6. The molecule has 1 aliphatic heterocycles. The largest absolute Gasteiger partial charge is 0.299 e. The molecule has 0 atom stereocenters. The van der Waals surface area contributed by atoms with E-state index in [1.165, 1.54) is 5.56 Å². The molecule has 1 heterocycles. The molecule has 1 aliphatic rings. The topological polar surface area (TPSA) is 3.24 Å². The van der Waals surface area contributed by atoms with Gasteiger partial charge in [0.25, 0.3) is 0 Å². The van der Waals surface area contributed by atoms with E-state index in [1.54, 1.807) is 12.1 Å². The van der Waals surface area contributed by atoms with Gasteiger partial charge in [0.05, 0.1) is 0 Å². The van der Waals surface area contributed by atoms with Crippen molar-refractivity contribution in [2.24, 2.45) is 0 Å². The van der Waals surface area contributed by atoms with Crippen molar-refractivity contribution in [3.63, 3.8) is 0 Å². The van der Waals surface area contributed by atoms with Gasteiger partial charge in [-0.2, -0.15) is 0 Å². The van der Waals surface area contributed by atoms with Crippen LogP contribution in [0.2, 0.25) is 5.02 Å². The summed E-state index contributed by atoms with van der Waals surface area (Å²) in [4.78, 5) is 2.32. The summed E-state index contributed by atoms with van der Waals surface area (Å²) in [6.07, 6.45) is 1.09. The summed E-state index contributed by atoms with van der Waals surface area (Å²) in [5.41, 5.74) is 0.833. The Morgan fingerprint density at radius 2 is 1.57 bits per heavy atom. The third-order valence-electron chi connectivity index (χ3n) is 4.26. The minimum Gasteiger partial charge on any atom is -0.299 e. The molecule has 1 saturated heterocycles. The molecule has 110 valence electrons. The van der Waals surface area contributed by atoms with Crippen LogP contribution < -0.4 is 0 Å². The monoisotopic (exact) mass is 303 g/mol. The van der Waals surface area contributed by atoms with Crippen LogP contribution in [0.1, 0.15) is 24.0 Å². The number of hydrogen-bond donors (Lipinski definition) is 0. The van der Waals surface area contributed by atoms with E-state index in [0.29, 0.717) is 17.9 Å². The molecule has 0 aromatic heterocycles. The number of nitrogens with zero attached hydrogens (tertiary/aromatic N) is 1. The summed E-state index contributed by atoms with van der Waals surface area (Å²) in [6.45, 7) is 2.47. The first-order chi connectivity index (χ1) is 10.2. The van der Waals surface area contributed by atoms with Crippen LogP contribution in [-0.2, 0) is 12.2 Å². The highest BCUT2D eigenvalue weighted by Gasteiger charge is 2.36. The van der Waals surface area contributed by atoms with Gasteiger partial charge in [-0.3, -0.25) is 4.90 Å². The van der Waals surface area contributed by atoms with Crippen molar-refractivity contribution < 1.29 is 4.39 Å². The van der Waals surface area contributed by atoms with E-state index >= 15 is 4.39 Å². The molecule has 2 aromatic rings. The third kappa shape index (κ3) is 3.45. The third-order valence-corrected chi connectivity index (χ3v) is 4.51. The maximum atomic E-state index is 15.1. The van der Waals surface area contributed by atoms with Gasteiger partial charge in [-0.15, -0.1) is 0 Å². The van der Waals surface area contributed by atoms with Crippen molar-refractivity contribution >= 4 is 11.6 Å². The average molecular weight is 304 g/mol. The molecule has 0 unspecified atom stereocenters. The maximum absolute atomic E-state index is 15.1. The standard InChI is InChI=1S/C18H19ClFN/c19-17-8-6-16(7-9-17)18(20)10-12-21(13-11-18)14-15-4-2-1-3-5-15/h1-9H,10-14H2. The fourth-order valence-corrected chi connectivity index (χ4v) is 3.07. The van der Waals surface area contributed by atoms with Crippen molar-refractivity contribution in [1.29, 1.82) is 0 Å². The molecule has 0 bridgehead atoms. The van der Waals surface area contributed by atoms with Crippen LogP contribution in [-0.4, -0.2) is 18.0 Å². The van der Waals surface area contributed by atoms with Gasteiger partial charge in [0.2, 0.25) is 0 Å². The molecule has 3 heteroatoms. The maximum Gasteiger partial charge on any atom is 0.138 e. The van der Waals surface area contributed by atoms with E-state index in [4.69, 9.17) is 11.6 Å². The Kier molecular flexibility index (Phi) is 4.27. The second-order valence-electron chi connectivity index (χ2n) is 5.73. The van der Waals surface area contributed by atoms with E-state index in [-0.39, 0.29) is 0 Å². The molecule has 1 fully saturated rings. The van der Waals surface area contributed by atoms with Crippen LogP contribution in [0.25, 0.3) is 0 Å². The molecule has 0 radical (unpaired) electrons. The zero-order chi connectivity index (χ0) is 14.7. The minimum absolute atomic E-state index is 0.543. The van der Waals surface area contributed by atoms with E-state index < -0.39 is 5.67 Å². The van der Waals surface area contributed by atoms with Crippen molar-refractivity contribution in [1.82, 2.24) is 4.90 Å². The molecule has 0 aliphatic carbocycles. The molecule has 0 spiro atoms.